The summed E-state index contributed by atoms with van der Waals surface area (Å²) in [5.74, 6) is -2.76. The third kappa shape index (κ3) is 4.96. The molecule has 116 valence electrons. The number of nitro groups is 1. The molecule has 0 spiro atoms. The van der Waals surface area contributed by atoms with Gasteiger partial charge in [0.2, 0.25) is 10.0 Å². The van der Waals surface area contributed by atoms with Gasteiger partial charge >= 0.3 is 5.97 Å². The third-order valence-electron chi connectivity index (χ3n) is 2.32. The Kier molecular flexibility index (Phi) is 5.16. The van der Waals surface area contributed by atoms with Crippen molar-refractivity contribution in [2.45, 2.75) is 0 Å². The Morgan fingerprint density at radius 3 is 2.52 bits per heavy atom. The zero-order valence-electron chi connectivity index (χ0n) is 10.8. The lowest BCUT2D eigenvalue weighted by molar-refractivity contribution is -0.384. The van der Waals surface area contributed by atoms with E-state index < -0.39 is 38.0 Å². The maximum absolute atomic E-state index is 13.5. The molecule has 0 aromatic heterocycles. The molecular weight excluding hydrogens is 309 g/mol. The second-order valence-electron chi connectivity index (χ2n) is 4.00. The molecule has 11 heteroatoms. The van der Waals surface area contributed by atoms with E-state index in [-0.39, 0.29) is 18.8 Å². The first-order valence-electron chi connectivity index (χ1n) is 5.51. The third-order valence-corrected chi connectivity index (χ3v) is 3.05. The van der Waals surface area contributed by atoms with Gasteiger partial charge in [-0.05, 0) is 0 Å². The van der Waals surface area contributed by atoms with Crippen LogP contribution in [0.2, 0.25) is 0 Å². The Bertz CT molecular complexity index is 676. The number of carboxylic acid groups (broad SMARTS) is 1. The Labute approximate surface area is 119 Å². The Balaban J connectivity index is 2.93. The maximum Gasteiger partial charge on any atom is 0.338 e. The van der Waals surface area contributed by atoms with E-state index >= 15 is 0 Å². The van der Waals surface area contributed by atoms with Gasteiger partial charge in [-0.2, -0.15) is 0 Å². The Morgan fingerprint density at radius 2 is 2.05 bits per heavy atom. The molecule has 21 heavy (non-hydrogen) atoms. The van der Waals surface area contributed by atoms with Gasteiger partial charge in [-0.3, -0.25) is 10.1 Å². The first-order chi connectivity index (χ1) is 9.61. The number of sulfonamides is 1. The molecule has 0 bridgehead atoms. The highest BCUT2D eigenvalue weighted by Crippen LogP contribution is 2.27. The molecule has 0 unspecified atom stereocenters. The van der Waals surface area contributed by atoms with Gasteiger partial charge in [0.05, 0.1) is 11.2 Å². The number of nitrogens with zero attached hydrogens (tertiary/aromatic N) is 1. The maximum atomic E-state index is 13.5. The fourth-order valence-electron chi connectivity index (χ4n) is 1.45. The number of carbonyl (C=O) groups is 1. The van der Waals surface area contributed by atoms with E-state index in [9.17, 15) is 27.7 Å². The van der Waals surface area contributed by atoms with Gasteiger partial charge in [0.1, 0.15) is 17.1 Å². The molecule has 1 aromatic rings. The van der Waals surface area contributed by atoms with Crippen LogP contribution in [0.1, 0.15) is 10.4 Å². The zero-order chi connectivity index (χ0) is 16.2. The minimum atomic E-state index is -3.41. The normalized spacial score (nSPS) is 11.1. The van der Waals surface area contributed by atoms with Crippen LogP contribution in [-0.2, 0) is 10.0 Å². The molecule has 0 amide bonds. The first kappa shape index (κ1) is 16.8. The fourth-order valence-corrected chi connectivity index (χ4v) is 1.92. The number of carboxylic acids is 1. The van der Waals surface area contributed by atoms with Gasteiger partial charge in [0.15, 0.2) is 0 Å². The predicted octanol–water partition coefficient (Wildman–Crippen LogP) is 0.393. The van der Waals surface area contributed by atoms with Crippen LogP contribution < -0.4 is 10.0 Å². The minimum Gasteiger partial charge on any atom is -0.478 e. The lowest BCUT2D eigenvalue weighted by Crippen LogP contribution is -2.27. The average molecular weight is 321 g/mol. The summed E-state index contributed by atoms with van der Waals surface area (Å²) < 4.78 is 37.3. The van der Waals surface area contributed by atoms with Crippen LogP contribution in [0.5, 0.6) is 0 Å². The SMILES string of the molecule is CS(=O)(=O)NCCNc1cc(F)c(C(=O)O)cc1[N+](=O)[O-]. The van der Waals surface area contributed by atoms with Crippen molar-refractivity contribution in [3.8, 4) is 0 Å². The second-order valence-corrected chi connectivity index (χ2v) is 5.84. The largest absolute Gasteiger partial charge is 0.478 e. The van der Waals surface area contributed by atoms with E-state index in [2.05, 4.69) is 10.0 Å². The number of aromatic carboxylic acids is 1. The topological polar surface area (TPSA) is 139 Å². The van der Waals surface area contributed by atoms with Crippen molar-refractivity contribution in [1.82, 2.24) is 4.72 Å². The lowest BCUT2D eigenvalue weighted by Gasteiger charge is -2.08. The van der Waals surface area contributed by atoms with Crippen LogP contribution in [-0.4, -0.2) is 43.8 Å². The number of benzene rings is 1. The van der Waals surface area contributed by atoms with Gasteiger partial charge in [0.25, 0.3) is 5.69 Å². The van der Waals surface area contributed by atoms with Gasteiger partial charge in [-0.15, -0.1) is 0 Å². The number of anilines is 1. The highest BCUT2D eigenvalue weighted by atomic mass is 32.2. The predicted molar refractivity (Wildman–Crippen MR) is 71.3 cm³/mol. The number of hydrogen-bond acceptors (Lipinski definition) is 6. The molecule has 0 heterocycles. The van der Waals surface area contributed by atoms with E-state index in [1.165, 1.54) is 0 Å². The van der Waals surface area contributed by atoms with Crippen molar-refractivity contribution in [3.05, 3.63) is 33.6 Å². The number of halogens is 1. The van der Waals surface area contributed by atoms with Crippen LogP contribution in [0, 0.1) is 15.9 Å². The summed E-state index contributed by atoms with van der Waals surface area (Å²) in [6.07, 6.45) is 0.941. The molecular formula is C10H12FN3O6S. The summed E-state index contributed by atoms with van der Waals surface area (Å²) in [4.78, 5) is 20.7. The monoisotopic (exact) mass is 321 g/mol. The van der Waals surface area contributed by atoms with Crippen molar-refractivity contribution in [1.29, 1.82) is 0 Å². The summed E-state index contributed by atoms with van der Waals surface area (Å²) in [5, 5.41) is 22.0. The molecule has 0 aliphatic carbocycles. The molecule has 0 aliphatic rings. The second kappa shape index (κ2) is 6.45. The van der Waals surface area contributed by atoms with Gasteiger partial charge < -0.3 is 10.4 Å². The van der Waals surface area contributed by atoms with Crippen molar-refractivity contribution >= 4 is 27.4 Å². The summed E-state index contributed by atoms with van der Waals surface area (Å²) in [7, 11) is -3.41. The lowest BCUT2D eigenvalue weighted by atomic mass is 10.1. The molecule has 0 saturated carbocycles. The summed E-state index contributed by atoms with van der Waals surface area (Å²) in [5.41, 5.74) is -1.67. The van der Waals surface area contributed by atoms with Crippen LogP contribution in [0.15, 0.2) is 12.1 Å². The van der Waals surface area contributed by atoms with Gasteiger partial charge in [-0.25, -0.2) is 22.3 Å². The summed E-state index contributed by atoms with van der Waals surface area (Å²) in [6.45, 7) is -0.113. The van der Waals surface area contributed by atoms with E-state index in [1.54, 1.807) is 0 Å². The Hall–Kier alpha value is -2.27. The molecule has 1 rings (SSSR count). The van der Waals surface area contributed by atoms with Crippen LogP contribution in [0.25, 0.3) is 0 Å². The number of nitro benzene ring substituents is 1. The van der Waals surface area contributed by atoms with Crippen molar-refractivity contribution in [2.24, 2.45) is 0 Å². The molecule has 0 aliphatic heterocycles. The first-order valence-corrected chi connectivity index (χ1v) is 7.40. The Morgan fingerprint density at radius 1 is 1.43 bits per heavy atom. The number of rotatable bonds is 7. The highest BCUT2D eigenvalue weighted by molar-refractivity contribution is 7.88. The van der Waals surface area contributed by atoms with E-state index in [0.29, 0.717) is 12.1 Å². The molecule has 1 aromatic carbocycles. The molecule has 9 nitrogen and oxygen atoms in total. The summed E-state index contributed by atoms with van der Waals surface area (Å²) in [6, 6.07) is 1.28. The van der Waals surface area contributed by atoms with E-state index in [0.717, 1.165) is 6.26 Å². The van der Waals surface area contributed by atoms with Crippen LogP contribution >= 0.6 is 0 Å². The summed E-state index contributed by atoms with van der Waals surface area (Å²) >= 11 is 0. The van der Waals surface area contributed by atoms with Gasteiger partial charge in [0, 0.05) is 25.2 Å². The minimum absolute atomic E-state index is 0.0419. The number of hydrogen-bond donors (Lipinski definition) is 3. The highest BCUT2D eigenvalue weighted by Gasteiger charge is 2.21. The molecule has 0 atom stereocenters. The zero-order valence-corrected chi connectivity index (χ0v) is 11.6. The van der Waals surface area contributed by atoms with E-state index in [4.69, 9.17) is 5.11 Å². The fraction of sp³-hybridized carbons (Fsp3) is 0.300. The molecule has 0 saturated heterocycles. The number of nitrogens with one attached hydrogen (secondary N) is 2. The molecule has 0 fully saturated rings. The quantitative estimate of drug-likeness (QED) is 0.375. The van der Waals surface area contributed by atoms with Crippen molar-refractivity contribution < 1.29 is 27.6 Å². The van der Waals surface area contributed by atoms with E-state index in [1.807, 2.05) is 0 Å². The van der Waals surface area contributed by atoms with Crippen LogP contribution in [0.4, 0.5) is 15.8 Å². The van der Waals surface area contributed by atoms with Crippen molar-refractivity contribution in [3.63, 3.8) is 0 Å². The molecule has 0 radical (unpaired) electrons. The van der Waals surface area contributed by atoms with Crippen LogP contribution in [0.3, 0.4) is 0 Å². The van der Waals surface area contributed by atoms with Crippen molar-refractivity contribution in [2.75, 3.05) is 24.7 Å². The smallest absolute Gasteiger partial charge is 0.338 e. The standard InChI is InChI=1S/C10H12FN3O6S/c1-21(19,20)13-3-2-12-8-5-7(11)6(10(15)16)4-9(8)14(17)18/h4-5,12-13H,2-3H2,1H3,(H,15,16). The average Bonchev–Trinajstić information content (AvgIpc) is 2.32. The molecule has 3 N–H and O–H groups in total. The van der Waals surface area contributed by atoms with Gasteiger partial charge in [-0.1, -0.05) is 0 Å².